The summed E-state index contributed by atoms with van der Waals surface area (Å²) in [5, 5.41) is 5.20. The minimum Gasteiger partial charge on any atom is -0.497 e. The first-order valence-electron chi connectivity index (χ1n) is 7.48. The third kappa shape index (κ3) is 4.25. The van der Waals surface area contributed by atoms with E-state index in [2.05, 4.69) is 27.4 Å². The lowest BCUT2D eigenvalue weighted by Gasteiger charge is -2.00. The van der Waals surface area contributed by atoms with Crippen LogP contribution in [0, 0.1) is 0 Å². The van der Waals surface area contributed by atoms with Crippen LogP contribution in [-0.4, -0.2) is 30.8 Å². The molecule has 0 amide bonds. The first-order chi connectivity index (χ1) is 10.7. The number of unbranched alkanes of at least 4 members (excludes halogenated alkanes) is 2. The molecule has 118 valence electrons. The second kappa shape index (κ2) is 8.07. The second-order valence-corrected chi connectivity index (χ2v) is 5.00. The Labute approximate surface area is 130 Å². The van der Waals surface area contributed by atoms with Gasteiger partial charge >= 0.3 is 0 Å². The van der Waals surface area contributed by atoms with Crippen molar-refractivity contribution in [3.8, 4) is 5.75 Å². The van der Waals surface area contributed by atoms with E-state index in [9.17, 15) is 0 Å². The molecule has 6 nitrogen and oxygen atoms in total. The summed E-state index contributed by atoms with van der Waals surface area (Å²) >= 11 is 0. The van der Waals surface area contributed by atoms with Gasteiger partial charge in [0.25, 0.3) is 0 Å². The number of hydrazone groups is 1. The number of fused-ring (bicyclic) bond motifs is 1. The fourth-order valence-corrected chi connectivity index (χ4v) is 2.13. The van der Waals surface area contributed by atoms with Crippen LogP contribution in [0.3, 0.4) is 0 Å². The van der Waals surface area contributed by atoms with E-state index in [0.29, 0.717) is 5.96 Å². The maximum Gasteiger partial charge on any atom is 0.209 e. The number of hydrogen-bond acceptors (Lipinski definition) is 3. The molecular formula is C16H23N5O. The highest BCUT2D eigenvalue weighted by atomic mass is 16.5. The zero-order valence-electron chi connectivity index (χ0n) is 13.1. The van der Waals surface area contributed by atoms with E-state index in [-0.39, 0.29) is 0 Å². The van der Waals surface area contributed by atoms with Gasteiger partial charge in [-0.15, -0.1) is 0 Å². The molecule has 0 fully saturated rings. The molecule has 0 aliphatic heterocycles. The van der Waals surface area contributed by atoms with E-state index >= 15 is 0 Å². The molecule has 2 aromatic rings. The summed E-state index contributed by atoms with van der Waals surface area (Å²) in [5.41, 5.74) is 10.5. The fraction of sp³-hybridized carbons (Fsp3) is 0.375. The van der Waals surface area contributed by atoms with Gasteiger partial charge < -0.3 is 15.5 Å². The van der Waals surface area contributed by atoms with Gasteiger partial charge in [0.1, 0.15) is 5.75 Å². The van der Waals surface area contributed by atoms with Gasteiger partial charge in [-0.05, 0) is 18.6 Å². The van der Waals surface area contributed by atoms with Crippen LogP contribution in [0.25, 0.3) is 10.9 Å². The van der Waals surface area contributed by atoms with Crippen LogP contribution in [0.1, 0.15) is 31.7 Å². The fourth-order valence-electron chi connectivity index (χ4n) is 2.13. The van der Waals surface area contributed by atoms with Crippen molar-refractivity contribution in [3.05, 3.63) is 30.0 Å². The number of hydrogen-bond donors (Lipinski definition) is 3. The van der Waals surface area contributed by atoms with Gasteiger partial charge in [-0.3, -0.25) is 4.99 Å². The molecule has 0 unspecified atom stereocenters. The lowest BCUT2D eigenvalue weighted by atomic mass is 10.2. The summed E-state index contributed by atoms with van der Waals surface area (Å²) in [6.07, 6.45) is 7.00. The molecule has 1 heterocycles. The van der Waals surface area contributed by atoms with Gasteiger partial charge in [0.15, 0.2) is 0 Å². The van der Waals surface area contributed by atoms with Crippen LogP contribution in [0.2, 0.25) is 0 Å². The Morgan fingerprint density at radius 2 is 2.27 bits per heavy atom. The normalized spacial score (nSPS) is 12.2. The molecule has 1 aromatic heterocycles. The topological polar surface area (TPSA) is 87.8 Å². The molecule has 2 rings (SSSR count). The lowest BCUT2D eigenvalue weighted by Crippen LogP contribution is -2.27. The molecule has 0 aliphatic carbocycles. The lowest BCUT2D eigenvalue weighted by molar-refractivity contribution is 0.415. The third-order valence-electron chi connectivity index (χ3n) is 3.35. The quantitative estimate of drug-likeness (QED) is 0.318. The summed E-state index contributed by atoms with van der Waals surface area (Å²) in [7, 11) is 1.65. The maximum atomic E-state index is 5.75. The van der Waals surface area contributed by atoms with Gasteiger partial charge in [0, 0.05) is 35.3 Å². The van der Waals surface area contributed by atoms with Gasteiger partial charge in [-0.1, -0.05) is 19.8 Å². The van der Waals surface area contributed by atoms with Crippen molar-refractivity contribution in [2.24, 2.45) is 15.8 Å². The number of benzene rings is 1. The van der Waals surface area contributed by atoms with Crippen molar-refractivity contribution < 1.29 is 4.74 Å². The number of nitrogens with two attached hydrogens (primary N) is 1. The van der Waals surface area contributed by atoms with Crippen LogP contribution in [0.15, 0.2) is 34.5 Å². The highest BCUT2D eigenvalue weighted by Gasteiger charge is 2.02. The minimum absolute atomic E-state index is 0.342. The summed E-state index contributed by atoms with van der Waals surface area (Å²) in [5.74, 6) is 1.16. The van der Waals surface area contributed by atoms with Crippen molar-refractivity contribution in [2.75, 3.05) is 13.7 Å². The zero-order chi connectivity index (χ0) is 15.8. The molecule has 0 saturated carbocycles. The molecule has 4 N–H and O–H groups in total. The first-order valence-corrected chi connectivity index (χ1v) is 7.48. The zero-order valence-corrected chi connectivity index (χ0v) is 13.1. The average Bonchev–Trinajstić information content (AvgIpc) is 2.94. The highest BCUT2D eigenvalue weighted by molar-refractivity contribution is 5.99. The number of nitrogens with zero attached hydrogens (tertiary/aromatic N) is 2. The molecule has 1 aromatic carbocycles. The van der Waals surface area contributed by atoms with Crippen LogP contribution in [-0.2, 0) is 0 Å². The highest BCUT2D eigenvalue weighted by Crippen LogP contribution is 2.21. The second-order valence-electron chi connectivity index (χ2n) is 5.00. The maximum absolute atomic E-state index is 5.75. The Balaban J connectivity index is 1.95. The molecule has 0 spiro atoms. The number of aromatic nitrogens is 1. The Morgan fingerprint density at radius 3 is 3.05 bits per heavy atom. The Kier molecular flexibility index (Phi) is 5.82. The number of guanidine groups is 1. The first kappa shape index (κ1) is 15.9. The van der Waals surface area contributed by atoms with E-state index < -0.39 is 0 Å². The SMILES string of the molecule is CCCCCN=C(N)NN=Cc1c[nH]c2cc(OC)ccc12. The molecule has 0 saturated heterocycles. The predicted molar refractivity (Wildman–Crippen MR) is 91.6 cm³/mol. The van der Waals surface area contributed by atoms with Crippen LogP contribution in [0.4, 0.5) is 0 Å². The minimum atomic E-state index is 0.342. The smallest absolute Gasteiger partial charge is 0.209 e. The van der Waals surface area contributed by atoms with E-state index in [1.54, 1.807) is 13.3 Å². The van der Waals surface area contributed by atoms with Gasteiger partial charge in [-0.25, -0.2) is 5.43 Å². The van der Waals surface area contributed by atoms with Crippen LogP contribution in [0.5, 0.6) is 5.75 Å². The van der Waals surface area contributed by atoms with Gasteiger partial charge in [0.05, 0.1) is 13.3 Å². The van der Waals surface area contributed by atoms with E-state index in [4.69, 9.17) is 10.5 Å². The van der Waals surface area contributed by atoms with Gasteiger partial charge in [0.2, 0.25) is 5.96 Å². The summed E-state index contributed by atoms with van der Waals surface area (Å²) in [6.45, 7) is 2.89. The van der Waals surface area contributed by atoms with Crippen molar-refractivity contribution in [2.45, 2.75) is 26.2 Å². The molecule has 0 bridgehead atoms. The Morgan fingerprint density at radius 1 is 1.41 bits per heavy atom. The predicted octanol–water partition coefficient (Wildman–Crippen LogP) is 2.60. The monoisotopic (exact) mass is 301 g/mol. The van der Waals surface area contributed by atoms with E-state index in [0.717, 1.165) is 35.2 Å². The average molecular weight is 301 g/mol. The number of methoxy groups -OCH3 is 1. The largest absolute Gasteiger partial charge is 0.497 e. The number of aromatic amines is 1. The summed E-state index contributed by atoms with van der Waals surface area (Å²) < 4.78 is 5.20. The number of aliphatic imine (C=N–C) groups is 1. The van der Waals surface area contributed by atoms with Crippen molar-refractivity contribution in [1.82, 2.24) is 10.4 Å². The number of rotatable bonds is 7. The Hall–Kier alpha value is -2.50. The standard InChI is InChI=1S/C16H23N5O/c1-3-4-5-8-18-16(17)21-20-11-12-10-19-15-9-13(22-2)6-7-14(12)15/h6-7,9-11,19H,3-5,8H2,1-2H3,(H3,17,18,21). The molecule has 22 heavy (non-hydrogen) atoms. The number of nitrogens with one attached hydrogen (secondary N) is 2. The molecule has 0 aliphatic rings. The van der Waals surface area contributed by atoms with Gasteiger partial charge in [-0.2, -0.15) is 5.10 Å². The number of ether oxygens (including phenoxy) is 1. The van der Waals surface area contributed by atoms with Crippen LogP contribution < -0.4 is 15.9 Å². The van der Waals surface area contributed by atoms with E-state index in [1.807, 2.05) is 24.4 Å². The Bertz CT molecular complexity index is 660. The van der Waals surface area contributed by atoms with Crippen LogP contribution >= 0.6 is 0 Å². The summed E-state index contributed by atoms with van der Waals surface area (Å²) in [4.78, 5) is 7.40. The van der Waals surface area contributed by atoms with Crippen molar-refractivity contribution in [1.29, 1.82) is 0 Å². The third-order valence-corrected chi connectivity index (χ3v) is 3.35. The van der Waals surface area contributed by atoms with E-state index in [1.165, 1.54) is 12.8 Å². The molecule has 0 atom stereocenters. The molecule has 0 radical (unpaired) electrons. The van der Waals surface area contributed by atoms with Crippen molar-refractivity contribution >= 4 is 23.1 Å². The van der Waals surface area contributed by atoms with Crippen molar-refractivity contribution in [3.63, 3.8) is 0 Å². The number of H-pyrrole nitrogens is 1. The molecular weight excluding hydrogens is 278 g/mol. The molecule has 6 heteroatoms. The summed E-state index contributed by atoms with van der Waals surface area (Å²) in [6, 6.07) is 5.86.